The van der Waals surface area contributed by atoms with Crippen LogP contribution in [0.1, 0.15) is 39.5 Å². The van der Waals surface area contributed by atoms with Crippen molar-refractivity contribution in [3.05, 3.63) is 0 Å². The molecule has 0 aromatic carbocycles. The average molecular weight is 262 g/mol. The van der Waals surface area contributed by atoms with Gasteiger partial charge in [0.25, 0.3) is 0 Å². The van der Waals surface area contributed by atoms with Gasteiger partial charge >= 0.3 is 0 Å². The molecule has 1 aliphatic heterocycles. The van der Waals surface area contributed by atoms with E-state index in [-0.39, 0.29) is 0 Å². The quantitative estimate of drug-likeness (QED) is 0.788. The number of piperidine rings is 1. The molecule has 0 aromatic heterocycles. The summed E-state index contributed by atoms with van der Waals surface area (Å²) in [5.74, 6) is 0.753. The predicted molar refractivity (Wildman–Crippen MR) is 71.5 cm³/mol. The number of sulfonamides is 1. The van der Waals surface area contributed by atoms with Crippen LogP contribution < -0.4 is 5.32 Å². The monoisotopic (exact) mass is 262 g/mol. The van der Waals surface area contributed by atoms with Gasteiger partial charge in [0.1, 0.15) is 0 Å². The van der Waals surface area contributed by atoms with Crippen LogP contribution in [0.5, 0.6) is 0 Å². The minimum atomic E-state index is -2.98. The zero-order valence-electron chi connectivity index (χ0n) is 11.3. The first-order valence-corrected chi connectivity index (χ1v) is 8.50. The molecule has 17 heavy (non-hydrogen) atoms. The molecule has 5 heteroatoms. The fourth-order valence-corrected chi connectivity index (χ4v) is 3.18. The molecule has 1 N–H and O–H groups in total. The second-order valence-corrected chi connectivity index (χ2v) is 7.01. The summed E-state index contributed by atoms with van der Waals surface area (Å²) >= 11 is 0. The van der Waals surface area contributed by atoms with E-state index < -0.39 is 10.0 Å². The molecule has 0 atom stereocenters. The van der Waals surface area contributed by atoms with Gasteiger partial charge in [0.2, 0.25) is 10.0 Å². The van der Waals surface area contributed by atoms with Crippen LogP contribution in [0.4, 0.5) is 0 Å². The minimum Gasteiger partial charge on any atom is -0.314 e. The summed E-state index contributed by atoms with van der Waals surface area (Å²) in [7, 11) is -2.98. The highest BCUT2D eigenvalue weighted by Gasteiger charge is 2.24. The van der Waals surface area contributed by atoms with Crippen molar-refractivity contribution in [2.24, 2.45) is 5.92 Å². The lowest BCUT2D eigenvalue weighted by molar-refractivity contribution is 0.279. The molecule has 1 fully saturated rings. The van der Waals surface area contributed by atoms with Gasteiger partial charge in [0.15, 0.2) is 0 Å². The summed E-state index contributed by atoms with van der Waals surface area (Å²) in [4.78, 5) is 0. The Balaban J connectivity index is 2.28. The van der Waals surface area contributed by atoms with E-state index in [1.165, 1.54) is 19.1 Å². The van der Waals surface area contributed by atoms with Gasteiger partial charge in [-0.2, -0.15) is 0 Å². The summed E-state index contributed by atoms with van der Waals surface area (Å²) in [6.45, 7) is 6.85. The Kier molecular flexibility index (Phi) is 5.89. The molecule has 0 amide bonds. The Hall–Kier alpha value is -0.130. The standard InChI is InChI=1S/C12H26N2O2S/c1-4-11(5-2)10-13-12-6-8-14(9-7-12)17(3,15)16/h11-13H,4-10H2,1-3H3. The van der Waals surface area contributed by atoms with Crippen molar-refractivity contribution < 1.29 is 8.42 Å². The highest BCUT2D eigenvalue weighted by molar-refractivity contribution is 7.88. The van der Waals surface area contributed by atoms with Gasteiger partial charge in [0.05, 0.1) is 6.26 Å². The predicted octanol–water partition coefficient (Wildman–Crippen LogP) is 1.44. The summed E-state index contributed by atoms with van der Waals surface area (Å²) in [5, 5.41) is 3.57. The van der Waals surface area contributed by atoms with Crippen molar-refractivity contribution in [3.63, 3.8) is 0 Å². The number of hydrogen-bond donors (Lipinski definition) is 1. The molecule has 0 unspecified atom stereocenters. The van der Waals surface area contributed by atoms with Gasteiger partial charge in [-0.3, -0.25) is 0 Å². The molecule has 0 spiro atoms. The van der Waals surface area contributed by atoms with E-state index in [9.17, 15) is 8.42 Å². The highest BCUT2D eigenvalue weighted by Crippen LogP contribution is 2.14. The fraction of sp³-hybridized carbons (Fsp3) is 1.00. The summed E-state index contributed by atoms with van der Waals surface area (Å²) in [6.07, 6.45) is 5.60. The second-order valence-electron chi connectivity index (χ2n) is 5.03. The molecular weight excluding hydrogens is 236 g/mol. The van der Waals surface area contributed by atoms with E-state index in [1.807, 2.05) is 0 Å². The SMILES string of the molecule is CCC(CC)CNC1CCN(S(C)(=O)=O)CC1. The number of hydrogen-bond acceptors (Lipinski definition) is 3. The minimum absolute atomic E-state index is 0.494. The van der Waals surface area contributed by atoms with Gasteiger partial charge in [-0.25, -0.2) is 12.7 Å². The van der Waals surface area contributed by atoms with Crippen LogP contribution >= 0.6 is 0 Å². The maximum Gasteiger partial charge on any atom is 0.211 e. The molecule has 0 aromatic rings. The van der Waals surface area contributed by atoms with Gasteiger partial charge in [0, 0.05) is 19.1 Å². The Morgan fingerprint density at radius 2 is 1.76 bits per heavy atom. The van der Waals surface area contributed by atoms with Gasteiger partial charge in [-0.1, -0.05) is 26.7 Å². The fourth-order valence-electron chi connectivity index (χ4n) is 2.30. The first-order valence-electron chi connectivity index (χ1n) is 6.65. The van der Waals surface area contributed by atoms with Crippen LogP contribution in [0.3, 0.4) is 0 Å². The molecule has 0 aliphatic carbocycles. The van der Waals surface area contributed by atoms with Crippen molar-refractivity contribution in [2.75, 3.05) is 25.9 Å². The van der Waals surface area contributed by atoms with Crippen LogP contribution in [0.15, 0.2) is 0 Å². The van der Waals surface area contributed by atoms with Crippen LogP contribution in [0, 0.1) is 5.92 Å². The van der Waals surface area contributed by atoms with Crippen molar-refractivity contribution in [1.82, 2.24) is 9.62 Å². The van der Waals surface area contributed by atoms with Gasteiger partial charge < -0.3 is 5.32 Å². The zero-order valence-corrected chi connectivity index (χ0v) is 12.1. The van der Waals surface area contributed by atoms with E-state index in [1.54, 1.807) is 4.31 Å². The average Bonchev–Trinajstić information content (AvgIpc) is 2.30. The van der Waals surface area contributed by atoms with Crippen LogP contribution in [0.2, 0.25) is 0 Å². The first-order chi connectivity index (χ1) is 7.97. The van der Waals surface area contributed by atoms with Crippen LogP contribution in [0.25, 0.3) is 0 Å². The Morgan fingerprint density at radius 1 is 1.24 bits per heavy atom. The molecular formula is C12H26N2O2S. The van der Waals surface area contributed by atoms with E-state index in [0.29, 0.717) is 19.1 Å². The first kappa shape index (κ1) is 14.9. The number of nitrogens with one attached hydrogen (secondary N) is 1. The Bertz CT molecular complexity index is 304. The molecule has 0 bridgehead atoms. The van der Waals surface area contributed by atoms with E-state index in [2.05, 4.69) is 19.2 Å². The molecule has 1 aliphatic rings. The van der Waals surface area contributed by atoms with E-state index in [4.69, 9.17) is 0 Å². The summed E-state index contributed by atoms with van der Waals surface area (Å²) in [5.41, 5.74) is 0. The zero-order chi connectivity index (χ0) is 12.9. The van der Waals surface area contributed by atoms with Gasteiger partial charge in [-0.15, -0.1) is 0 Å². The molecule has 0 saturated carbocycles. The normalized spacial score (nSPS) is 20.0. The van der Waals surface area contributed by atoms with Crippen LogP contribution in [-0.4, -0.2) is 44.7 Å². The lowest BCUT2D eigenvalue weighted by Crippen LogP contribution is -2.45. The maximum atomic E-state index is 11.4. The van der Waals surface area contributed by atoms with Crippen molar-refractivity contribution in [1.29, 1.82) is 0 Å². The summed E-state index contributed by atoms with van der Waals surface area (Å²) in [6, 6.07) is 0.494. The number of nitrogens with zero attached hydrogens (tertiary/aromatic N) is 1. The molecule has 0 radical (unpaired) electrons. The Labute approximate surface area is 106 Å². The molecule has 1 saturated heterocycles. The Morgan fingerprint density at radius 3 is 2.18 bits per heavy atom. The molecule has 102 valence electrons. The maximum absolute atomic E-state index is 11.4. The molecule has 4 nitrogen and oxygen atoms in total. The van der Waals surface area contributed by atoms with Gasteiger partial charge in [-0.05, 0) is 25.3 Å². The van der Waals surface area contributed by atoms with E-state index >= 15 is 0 Å². The topological polar surface area (TPSA) is 49.4 Å². The van der Waals surface area contributed by atoms with Crippen LogP contribution in [-0.2, 0) is 10.0 Å². The van der Waals surface area contributed by atoms with Crippen molar-refractivity contribution >= 4 is 10.0 Å². The van der Waals surface area contributed by atoms with E-state index in [0.717, 1.165) is 25.3 Å². The second kappa shape index (κ2) is 6.71. The van der Waals surface area contributed by atoms with Crippen molar-refractivity contribution in [2.45, 2.75) is 45.6 Å². The molecule has 1 rings (SSSR count). The van der Waals surface area contributed by atoms with Crippen molar-refractivity contribution in [3.8, 4) is 0 Å². The summed E-state index contributed by atoms with van der Waals surface area (Å²) < 4.78 is 24.3. The lowest BCUT2D eigenvalue weighted by Gasteiger charge is -2.31. The number of rotatable bonds is 6. The lowest BCUT2D eigenvalue weighted by atomic mass is 10.0. The highest BCUT2D eigenvalue weighted by atomic mass is 32.2. The third-order valence-corrected chi connectivity index (χ3v) is 5.08. The molecule has 1 heterocycles. The third kappa shape index (κ3) is 4.94. The third-order valence-electron chi connectivity index (χ3n) is 3.77. The largest absolute Gasteiger partial charge is 0.314 e. The smallest absolute Gasteiger partial charge is 0.211 e.